The largest absolute Gasteiger partial charge is 0.462 e. The van der Waals surface area contributed by atoms with Crippen molar-refractivity contribution in [1.29, 1.82) is 0 Å². The van der Waals surface area contributed by atoms with E-state index in [0.717, 1.165) is 59.5 Å². The van der Waals surface area contributed by atoms with Gasteiger partial charge in [-0.2, -0.15) is 0 Å². The second kappa shape index (κ2) is 9.07. The number of thiophene rings is 1. The van der Waals surface area contributed by atoms with Gasteiger partial charge in [0.25, 0.3) is 0 Å². The van der Waals surface area contributed by atoms with Crippen molar-refractivity contribution in [2.75, 3.05) is 32.9 Å². The van der Waals surface area contributed by atoms with Crippen molar-refractivity contribution in [1.82, 2.24) is 14.9 Å². The lowest BCUT2D eigenvalue weighted by atomic mass is 10.2. The first kappa shape index (κ1) is 20.1. The van der Waals surface area contributed by atoms with E-state index in [2.05, 4.69) is 4.90 Å². The fourth-order valence-corrected chi connectivity index (χ4v) is 6.38. The lowest BCUT2D eigenvalue weighted by Gasteiger charge is -2.25. The zero-order valence-electron chi connectivity index (χ0n) is 16.5. The molecule has 0 bridgehead atoms. The quantitative estimate of drug-likeness (QED) is 0.515. The number of carbonyl (C=O) groups excluding carboxylic acids is 1. The van der Waals surface area contributed by atoms with Crippen LogP contribution in [0.2, 0.25) is 0 Å². The predicted molar refractivity (Wildman–Crippen MR) is 112 cm³/mol. The summed E-state index contributed by atoms with van der Waals surface area (Å²) in [5.41, 5.74) is 0.955. The Bertz CT molecular complexity index is 843. The van der Waals surface area contributed by atoms with Gasteiger partial charge in [-0.1, -0.05) is 12.8 Å². The van der Waals surface area contributed by atoms with E-state index in [9.17, 15) is 4.79 Å². The maximum atomic E-state index is 12.4. The average molecular weight is 422 g/mol. The molecule has 8 heteroatoms. The molecule has 1 aliphatic heterocycles. The molecule has 1 saturated heterocycles. The van der Waals surface area contributed by atoms with E-state index >= 15 is 0 Å². The Kier molecular flexibility index (Phi) is 6.50. The highest BCUT2D eigenvalue weighted by Crippen LogP contribution is 2.41. The average Bonchev–Trinajstić information content (AvgIpc) is 3.31. The van der Waals surface area contributed by atoms with Gasteiger partial charge in [-0.05, 0) is 32.3 Å². The van der Waals surface area contributed by atoms with Gasteiger partial charge in [0.2, 0.25) is 0 Å². The summed E-state index contributed by atoms with van der Waals surface area (Å²) >= 11 is 3.31. The zero-order valence-corrected chi connectivity index (χ0v) is 18.2. The third kappa shape index (κ3) is 4.35. The molecule has 28 heavy (non-hydrogen) atoms. The Balaban J connectivity index is 1.70. The van der Waals surface area contributed by atoms with Crippen LogP contribution in [0.25, 0.3) is 10.2 Å². The molecule has 6 nitrogen and oxygen atoms in total. The maximum Gasteiger partial charge on any atom is 0.348 e. The molecule has 2 aromatic heterocycles. The van der Waals surface area contributed by atoms with E-state index in [-0.39, 0.29) is 5.97 Å². The topological polar surface area (TPSA) is 64.5 Å². The van der Waals surface area contributed by atoms with Crippen molar-refractivity contribution in [2.45, 2.75) is 56.4 Å². The predicted octanol–water partition coefficient (Wildman–Crippen LogP) is 4.04. The number of rotatable bonds is 6. The van der Waals surface area contributed by atoms with Gasteiger partial charge in [0.1, 0.15) is 20.6 Å². The number of aryl methyl sites for hydroxylation is 1. The Morgan fingerprint density at radius 1 is 1.29 bits per heavy atom. The highest BCUT2D eigenvalue weighted by molar-refractivity contribution is 8.00. The number of carbonyl (C=O) groups is 1. The molecule has 0 unspecified atom stereocenters. The summed E-state index contributed by atoms with van der Waals surface area (Å²) in [6.45, 7) is 8.27. The van der Waals surface area contributed by atoms with Crippen molar-refractivity contribution >= 4 is 39.3 Å². The van der Waals surface area contributed by atoms with Gasteiger partial charge in [0, 0.05) is 23.7 Å². The second-order valence-electron chi connectivity index (χ2n) is 7.31. The normalized spacial score (nSPS) is 18.8. The Morgan fingerprint density at radius 2 is 2.04 bits per heavy atom. The van der Waals surface area contributed by atoms with Crippen molar-refractivity contribution < 1.29 is 14.3 Å². The monoisotopic (exact) mass is 421 g/mol. The first-order valence-electron chi connectivity index (χ1n) is 10.1. The lowest BCUT2D eigenvalue weighted by Crippen LogP contribution is -2.36. The molecule has 4 rings (SSSR count). The fourth-order valence-electron chi connectivity index (χ4n) is 3.81. The van der Waals surface area contributed by atoms with Crippen LogP contribution in [-0.4, -0.2) is 59.0 Å². The SMILES string of the molecule is CCOC(=O)c1sc2nc(CN3CCOCC3)nc(SC3CCCC3)c2c1C. The Morgan fingerprint density at radius 3 is 2.75 bits per heavy atom. The molecule has 1 aliphatic carbocycles. The van der Waals surface area contributed by atoms with Crippen LogP contribution in [0.4, 0.5) is 0 Å². The van der Waals surface area contributed by atoms with Gasteiger partial charge in [-0.15, -0.1) is 23.1 Å². The van der Waals surface area contributed by atoms with Crippen molar-refractivity contribution in [2.24, 2.45) is 0 Å². The molecule has 0 radical (unpaired) electrons. The number of morpholine rings is 1. The van der Waals surface area contributed by atoms with Crippen LogP contribution in [0.3, 0.4) is 0 Å². The number of hydrogen-bond donors (Lipinski definition) is 0. The molecule has 0 atom stereocenters. The van der Waals surface area contributed by atoms with Crippen LogP contribution in [0.15, 0.2) is 5.03 Å². The summed E-state index contributed by atoms with van der Waals surface area (Å²) in [4.78, 5) is 26.1. The number of fused-ring (bicyclic) bond motifs is 1. The van der Waals surface area contributed by atoms with Crippen LogP contribution in [0, 0.1) is 6.92 Å². The first-order chi connectivity index (χ1) is 13.7. The van der Waals surface area contributed by atoms with Crippen LogP contribution >= 0.6 is 23.1 Å². The van der Waals surface area contributed by atoms with E-state index in [1.54, 1.807) is 0 Å². The van der Waals surface area contributed by atoms with Gasteiger partial charge in [-0.25, -0.2) is 14.8 Å². The fraction of sp³-hybridized carbons (Fsp3) is 0.650. The molecule has 152 valence electrons. The van der Waals surface area contributed by atoms with Gasteiger partial charge in [0.15, 0.2) is 0 Å². The highest BCUT2D eigenvalue weighted by Gasteiger charge is 2.25. The Labute approximate surface area is 174 Å². The molecular weight excluding hydrogens is 394 g/mol. The van der Waals surface area contributed by atoms with Crippen molar-refractivity contribution in [3.05, 3.63) is 16.3 Å². The molecule has 2 aromatic rings. The number of esters is 1. The van der Waals surface area contributed by atoms with Crippen LogP contribution in [-0.2, 0) is 16.0 Å². The van der Waals surface area contributed by atoms with Gasteiger partial charge in [0.05, 0.1) is 26.4 Å². The minimum Gasteiger partial charge on any atom is -0.462 e. The second-order valence-corrected chi connectivity index (χ2v) is 9.60. The summed E-state index contributed by atoms with van der Waals surface area (Å²) in [6.07, 6.45) is 5.07. The molecule has 0 aromatic carbocycles. The molecule has 0 N–H and O–H groups in total. The van der Waals surface area contributed by atoms with Crippen molar-refractivity contribution in [3.63, 3.8) is 0 Å². The molecule has 2 fully saturated rings. The number of thioether (sulfide) groups is 1. The molecule has 3 heterocycles. The smallest absolute Gasteiger partial charge is 0.348 e. The molecule has 0 spiro atoms. The zero-order chi connectivity index (χ0) is 19.5. The molecule has 2 aliphatic rings. The molecular formula is C20H27N3O3S2. The summed E-state index contributed by atoms with van der Waals surface area (Å²) in [6, 6.07) is 0. The number of aromatic nitrogens is 2. The van der Waals surface area contributed by atoms with Crippen molar-refractivity contribution in [3.8, 4) is 0 Å². The van der Waals surface area contributed by atoms with E-state index in [1.165, 1.54) is 37.0 Å². The van der Waals surface area contributed by atoms with E-state index in [4.69, 9.17) is 19.4 Å². The number of ether oxygens (including phenoxy) is 2. The summed E-state index contributed by atoms with van der Waals surface area (Å²) < 4.78 is 10.7. The lowest BCUT2D eigenvalue weighted by molar-refractivity contribution is 0.0330. The van der Waals surface area contributed by atoms with Crippen LogP contribution < -0.4 is 0 Å². The summed E-state index contributed by atoms with van der Waals surface area (Å²) in [7, 11) is 0. The third-order valence-corrected chi connectivity index (χ3v) is 7.80. The number of hydrogen-bond acceptors (Lipinski definition) is 8. The third-order valence-electron chi connectivity index (χ3n) is 5.31. The summed E-state index contributed by atoms with van der Waals surface area (Å²) in [5, 5.41) is 2.68. The maximum absolute atomic E-state index is 12.4. The van der Waals surface area contributed by atoms with E-state index in [0.29, 0.717) is 16.7 Å². The minimum absolute atomic E-state index is 0.255. The minimum atomic E-state index is -0.255. The van der Waals surface area contributed by atoms with E-state index in [1.807, 2.05) is 25.6 Å². The Hall–Kier alpha value is -1.22. The standard InChI is InChI=1S/C20H27N3O3S2/c1-3-26-20(24)17-13(2)16-18(27-14-6-4-5-7-14)21-15(22-19(16)28-17)12-23-8-10-25-11-9-23/h14H,3-12H2,1-2H3. The molecule has 0 amide bonds. The van der Waals surface area contributed by atoms with Crippen LogP contribution in [0.1, 0.15) is 53.7 Å². The summed E-state index contributed by atoms with van der Waals surface area (Å²) in [5.74, 6) is 0.584. The van der Waals surface area contributed by atoms with E-state index < -0.39 is 0 Å². The highest BCUT2D eigenvalue weighted by atomic mass is 32.2. The van der Waals surface area contributed by atoms with Gasteiger partial charge >= 0.3 is 5.97 Å². The van der Waals surface area contributed by atoms with Gasteiger partial charge in [-0.3, -0.25) is 4.90 Å². The molecule has 1 saturated carbocycles. The number of nitrogens with zero attached hydrogens (tertiary/aromatic N) is 3. The first-order valence-corrected chi connectivity index (χ1v) is 11.8. The van der Waals surface area contributed by atoms with Gasteiger partial charge < -0.3 is 9.47 Å². The van der Waals surface area contributed by atoms with Crippen LogP contribution in [0.5, 0.6) is 0 Å².